The van der Waals surface area contributed by atoms with E-state index in [1.54, 1.807) is 12.1 Å². The number of phenolic OH excluding ortho intramolecular Hbond substituents is 1. The number of rotatable bonds is 3. The van der Waals surface area contributed by atoms with Gasteiger partial charge in [-0.1, -0.05) is 48.5 Å². The van der Waals surface area contributed by atoms with Crippen LogP contribution >= 0.6 is 7.92 Å². The quantitative estimate of drug-likeness (QED) is 0.705. The van der Waals surface area contributed by atoms with Crippen LogP contribution in [0.5, 0.6) is 5.75 Å². The van der Waals surface area contributed by atoms with Gasteiger partial charge in [-0.15, -0.1) is 0 Å². The summed E-state index contributed by atoms with van der Waals surface area (Å²) in [5, 5.41) is 13.6. The van der Waals surface area contributed by atoms with E-state index in [9.17, 15) is 5.11 Å². The Labute approximate surface area is 145 Å². The normalized spacial score (nSPS) is 11.0. The van der Waals surface area contributed by atoms with Crippen molar-refractivity contribution in [2.75, 3.05) is 0 Å². The van der Waals surface area contributed by atoms with E-state index in [4.69, 9.17) is 0 Å². The Balaban J connectivity index is 2.17. The van der Waals surface area contributed by atoms with Crippen LogP contribution in [-0.2, 0) is 0 Å². The molecule has 0 aliphatic rings. The molecule has 3 aromatic carbocycles. The molecule has 0 atom stereocenters. The number of aromatic hydroxyl groups is 1. The molecule has 0 fully saturated rings. The molecule has 3 rings (SSSR count). The first kappa shape index (κ1) is 16.7. The molecule has 1 nitrogen and oxygen atoms in total. The van der Waals surface area contributed by atoms with Crippen molar-refractivity contribution < 1.29 is 5.11 Å². The first-order chi connectivity index (χ1) is 11.5. The maximum Gasteiger partial charge on any atom is 0.115 e. The number of hydrogen-bond acceptors (Lipinski definition) is 1. The Bertz CT molecular complexity index is 814. The molecule has 0 saturated carbocycles. The lowest BCUT2D eigenvalue weighted by molar-refractivity contribution is 0.475. The lowest BCUT2D eigenvalue weighted by Gasteiger charge is -2.21. The van der Waals surface area contributed by atoms with E-state index in [0.717, 1.165) is 0 Å². The molecule has 122 valence electrons. The minimum Gasteiger partial charge on any atom is -0.508 e. The molecule has 0 unspecified atom stereocenters. The van der Waals surface area contributed by atoms with Crippen LogP contribution in [0, 0.1) is 27.7 Å². The minimum absolute atomic E-state index is 0.314. The SMILES string of the molecule is Cc1ccc(P(c2ccc(O)cc2)c2ccc(C)c(C)c2)cc1C. The van der Waals surface area contributed by atoms with E-state index in [2.05, 4.69) is 64.1 Å². The predicted molar refractivity (Wildman–Crippen MR) is 106 cm³/mol. The van der Waals surface area contributed by atoms with Crippen molar-refractivity contribution in [3.05, 3.63) is 82.9 Å². The summed E-state index contributed by atoms with van der Waals surface area (Å²) in [7, 11) is -0.627. The number of benzene rings is 3. The number of hydrogen-bond donors (Lipinski definition) is 1. The summed E-state index contributed by atoms with van der Waals surface area (Å²) in [6.45, 7) is 8.64. The van der Waals surface area contributed by atoms with Crippen LogP contribution in [-0.4, -0.2) is 5.11 Å². The highest BCUT2D eigenvalue weighted by atomic mass is 31.1. The highest BCUT2D eigenvalue weighted by Crippen LogP contribution is 2.34. The predicted octanol–water partition coefficient (Wildman–Crippen LogP) is 4.38. The maximum atomic E-state index is 9.65. The van der Waals surface area contributed by atoms with Crippen molar-refractivity contribution in [3.8, 4) is 5.75 Å². The second-order valence-corrected chi connectivity index (χ2v) is 8.61. The van der Waals surface area contributed by atoms with Crippen molar-refractivity contribution in [1.29, 1.82) is 0 Å². The first-order valence-electron chi connectivity index (χ1n) is 8.19. The molecule has 2 heteroatoms. The zero-order chi connectivity index (χ0) is 17.3. The highest BCUT2D eigenvalue weighted by molar-refractivity contribution is 7.79. The van der Waals surface area contributed by atoms with Gasteiger partial charge >= 0.3 is 0 Å². The molecule has 0 heterocycles. The molecule has 3 aromatic rings. The third kappa shape index (κ3) is 3.37. The fraction of sp³-hybridized carbons (Fsp3) is 0.182. The monoisotopic (exact) mass is 334 g/mol. The van der Waals surface area contributed by atoms with E-state index in [1.807, 2.05) is 12.1 Å². The van der Waals surface area contributed by atoms with Crippen molar-refractivity contribution in [3.63, 3.8) is 0 Å². The average molecular weight is 334 g/mol. The minimum atomic E-state index is -0.627. The molecule has 24 heavy (non-hydrogen) atoms. The maximum absolute atomic E-state index is 9.65. The third-order valence-electron chi connectivity index (χ3n) is 4.61. The van der Waals surface area contributed by atoms with Crippen molar-refractivity contribution >= 4 is 23.8 Å². The molecule has 0 saturated heterocycles. The van der Waals surface area contributed by atoms with Gasteiger partial charge in [0, 0.05) is 0 Å². The summed E-state index contributed by atoms with van der Waals surface area (Å²) >= 11 is 0. The van der Waals surface area contributed by atoms with E-state index in [0.29, 0.717) is 5.75 Å². The molecule has 0 aliphatic heterocycles. The first-order valence-corrected chi connectivity index (χ1v) is 9.53. The molecular formula is C22H23OP. The van der Waals surface area contributed by atoms with E-state index < -0.39 is 7.92 Å². The Morgan fingerprint density at radius 3 is 1.38 bits per heavy atom. The highest BCUT2D eigenvalue weighted by Gasteiger charge is 2.17. The van der Waals surface area contributed by atoms with Crippen LogP contribution in [0.2, 0.25) is 0 Å². The second kappa shape index (κ2) is 6.79. The molecule has 0 radical (unpaired) electrons. The van der Waals surface area contributed by atoms with Crippen LogP contribution in [0.15, 0.2) is 60.7 Å². The molecule has 0 amide bonds. The summed E-state index contributed by atoms with van der Waals surface area (Å²) in [5.74, 6) is 0.314. The Morgan fingerprint density at radius 2 is 0.958 bits per heavy atom. The van der Waals surface area contributed by atoms with E-state index >= 15 is 0 Å². The standard InChI is InChI=1S/C22H23OP/c1-15-5-9-21(13-17(15)3)24(20-11-7-19(23)8-12-20)22-10-6-16(2)18(4)14-22/h5-14,23H,1-4H3. The zero-order valence-corrected chi connectivity index (χ0v) is 15.6. The van der Waals surface area contributed by atoms with Crippen LogP contribution < -0.4 is 15.9 Å². The van der Waals surface area contributed by atoms with Gasteiger partial charge in [-0.2, -0.15) is 0 Å². The summed E-state index contributed by atoms with van der Waals surface area (Å²) in [6.07, 6.45) is 0. The van der Waals surface area contributed by atoms with Crippen LogP contribution in [0.25, 0.3) is 0 Å². The molecule has 0 bridgehead atoms. The summed E-state index contributed by atoms with van der Waals surface area (Å²) < 4.78 is 0. The number of phenols is 1. The molecule has 0 aromatic heterocycles. The third-order valence-corrected chi connectivity index (χ3v) is 7.01. The van der Waals surface area contributed by atoms with Crippen molar-refractivity contribution in [2.45, 2.75) is 27.7 Å². The fourth-order valence-electron chi connectivity index (χ4n) is 2.78. The van der Waals surface area contributed by atoms with Gasteiger partial charge in [0.05, 0.1) is 0 Å². The average Bonchev–Trinajstić information content (AvgIpc) is 2.56. The molecule has 1 N–H and O–H groups in total. The van der Waals surface area contributed by atoms with Gasteiger partial charge in [0.25, 0.3) is 0 Å². The Hall–Kier alpha value is -2.11. The Kier molecular flexibility index (Phi) is 4.73. The van der Waals surface area contributed by atoms with Gasteiger partial charge in [-0.3, -0.25) is 0 Å². The lowest BCUT2D eigenvalue weighted by atomic mass is 10.1. The summed E-state index contributed by atoms with van der Waals surface area (Å²) in [6, 6.07) is 21.2. The molecule has 0 aliphatic carbocycles. The summed E-state index contributed by atoms with van der Waals surface area (Å²) in [5.41, 5.74) is 5.28. The smallest absolute Gasteiger partial charge is 0.115 e. The van der Waals surface area contributed by atoms with Crippen LogP contribution in [0.4, 0.5) is 0 Å². The van der Waals surface area contributed by atoms with E-state index in [1.165, 1.54) is 38.2 Å². The van der Waals surface area contributed by atoms with Gasteiger partial charge in [0.15, 0.2) is 0 Å². The molecule has 0 spiro atoms. The largest absolute Gasteiger partial charge is 0.508 e. The van der Waals surface area contributed by atoms with Crippen molar-refractivity contribution in [2.24, 2.45) is 0 Å². The van der Waals surface area contributed by atoms with Crippen LogP contribution in [0.3, 0.4) is 0 Å². The lowest BCUT2D eigenvalue weighted by Crippen LogP contribution is -2.21. The second-order valence-electron chi connectivity index (χ2n) is 6.39. The summed E-state index contributed by atoms with van der Waals surface area (Å²) in [4.78, 5) is 0. The van der Waals surface area contributed by atoms with Gasteiger partial charge in [-0.05, 0) is 85.9 Å². The molecular weight excluding hydrogens is 311 g/mol. The number of aryl methyl sites for hydroxylation is 4. The topological polar surface area (TPSA) is 20.2 Å². The van der Waals surface area contributed by atoms with Gasteiger partial charge in [0.2, 0.25) is 0 Å². The van der Waals surface area contributed by atoms with Gasteiger partial charge < -0.3 is 5.11 Å². The fourth-order valence-corrected chi connectivity index (χ4v) is 5.21. The van der Waals surface area contributed by atoms with Crippen LogP contribution in [0.1, 0.15) is 22.3 Å². The Morgan fingerprint density at radius 1 is 0.542 bits per heavy atom. The zero-order valence-electron chi connectivity index (χ0n) is 14.7. The van der Waals surface area contributed by atoms with Gasteiger partial charge in [0.1, 0.15) is 5.75 Å². The van der Waals surface area contributed by atoms with Gasteiger partial charge in [-0.25, -0.2) is 0 Å². The van der Waals surface area contributed by atoms with E-state index in [-0.39, 0.29) is 0 Å². The van der Waals surface area contributed by atoms with Crippen molar-refractivity contribution in [1.82, 2.24) is 0 Å².